The van der Waals surface area contributed by atoms with E-state index in [0.29, 0.717) is 13.1 Å². The Morgan fingerprint density at radius 3 is 2.48 bits per heavy atom. The first-order chi connectivity index (χ1) is 13.2. The van der Waals surface area contributed by atoms with E-state index < -0.39 is 0 Å². The van der Waals surface area contributed by atoms with Crippen molar-refractivity contribution in [3.05, 3.63) is 65.7 Å². The second-order valence-electron chi connectivity index (χ2n) is 6.93. The van der Waals surface area contributed by atoms with Crippen molar-refractivity contribution in [3.8, 4) is 5.75 Å². The van der Waals surface area contributed by atoms with E-state index >= 15 is 0 Å². The van der Waals surface area contributed by atoms with Gasteiger partial charge in [-0.1, -0.05) is 48.5 Å². The van der Waals surface area contributed by atoms with Gasteiger partial charge in [0.05, 0.1) is 7.11 Å². The average Bonchev–Trinajstić information content (AvgIpc) is 2.74. The molecule has 2 aromatic carbocycles. The number of rotatable bonds is 7. The van der Waals surface area contributed by atoms with Crippen LogP contribution in [0.2, 0.25) is 0 Å². The van der Waals surface area contributed by atoms with Crippen LogP contribution in [0.25, 0.3) is 0 Å². The van der Waals surface area contributed by atoms with Gasteiger partial charge in [0.15, 0.2) is 0 Å². The lowest BCUT2D eigenvalue weighted by atomic mass is 9.74. The van der Waals surface area contributed by atoms with Gasteiger partial charge in [0.2, 0.25) is 0 Å². The van der Waals surface area contributed by atoms with Crippen LogP contribution in [0, 0.1) is 0 Å². The minimum atomic E-state index is -0.133. The fourth-order valence-electron chi connectivity index (χ4n) is 3.65. The Kier molecular flexibility index (Phi) is 6.71. The highest BCUT2D eigenvalue weighted by atomic mass is 16.5. The quantitative estimate of drug-likeness (QED) is 0.788. The zero-order valence-electron chi connectivity index (χ0n) is 15.9. The lowest BCUT2D eigenvalue weighted by Gasteiger charge is -2.38. The van der Waals surface area contributed by atoms with Gasteiger partial charge in [-0.05, 0) is 36.5 Å². The highest BCUT2D eigenvalue weighted by Crippen LogP contribution is 2.34. The van der Waals surface area contributed by atoms with Gasteiger partial charge >= 0.3 is 6.03 Å². The first kappa shape index (κ1) is 19.2. The van der Waals surface area contributed by atoms with Gasteiger partial charge in [0.1, 0.15) is 5.75 Å². The summed E-state index contributed by atoms with van der Waals surface area (Å²) in [6.45, 7) is 2.63. The lowest BCUT2D eigenvalue weighted by Crippen LogP contribution is -2.47. The third kappa shape index (κ3) is 5.01. The third-order valence-corrected chi connectivity index (χ3v) is 5.30. The Morgan fingerprint density at radius 1 is 1.04 bits per heavy atom. The van der Waals surface area contributed by atoms with Crippen LogP contribution >= 0.6 is 0 Å². The third-order valence-electron chi connectivity index (χ3n) is 5.30. The number of carbonyl (C=O) groups is 1. The molecule has 2 amide bonds. The van der Waals surface area contributed by atoms with Crippen molar-refractivity contribution < 1.29 is 14.3 Å². The van der Waals surface area contributed by atoms with E-state index in [9.17, 15) is 4.79 Å². The molecule has 144 valence electrons. The second-order valence-corrected chi connectivity index (χ2v) is 6.93. The van der Waals surface area contributed by atoms with Crippen LogP contribution in [0.15, 0.2) is 54.6 Å². The van der Waals surface area contributed by atoms with Crippen LogP contribution < -0.4 is 15.4 Å². The number of nitrogens with one attached hydrogen (secondary N) is 2. The highest BCUT2D eigenvalue weighted by molar-refractivity contribution is 5.74. The number of urea groups is 1. The molecule has 2 aromatic rings. The molecular formula is C22H28N2O3. The molecule has 3 rings (SSSR count). The van der Waals surface area contributed by atoms with Crippen molar-refractivity contribution in [2.75, 3.05) is 33.4 Å². The number of para-hydroxylation sites is 1. The van der Waals surface area contributed by atoms with Crippen LogP contribution in [0.4, 0.5) is 4.79 Å². The number of hydrogen-bond acceptors (Lipinski definition) is 3. The maximum atomic E-state index is 12.3. The molecule has 1 fully saturated rings. The summed E-state index contributed by atoms with van der Waals surface area (Å²) in [5.74, 6) is 0.852. The molecule has 27 heavy (non-hydrogen) atoms. The summed E-state index contributed by atoms with van der Waals surface area (Å²) < 4.78 is 10.9. The Balaban J connectivity index is 1.52. The summed E-state index contributed by atoms with van der Waals surface area (Å²) in [4.78, 5) is 12.3. The number of methoxy groups -OCH3 is 1. The van der Waals surface area contributed by atoms with Crippen molar-refractivity contribution in [1.82, 2.24) is 10.6 Å². The van der Waals surface area contributed by atoms with Crippen LogP contribution in [0.1, 0.15) is 24.0 Å². The van der Waals surface area contributed by atoms with Gasteiger partial charge in [0, 0.05) is 31.7 Å². The number of ether oxygens (including phenoxy) is 2. The first-order valence-electron chi connectivity index (χ1n) is 9.50. The predicted molar refractivity (Wildman–Crippen MR) is 106 cm³/mol. The molecule has 0 radical (unpaired) electrons. The molecule has 2 N–H and O–H groups in total. The van der Waals surface area contributed by atoms with Crippen LogP contribution in [-0.4, -0.2) is 39.4 Å². The molecule has 5 heteroatoms. The maximum absolute atomic E-state index is 12.3. The molecule has 0 atom stereocenters. The molecule has 0 spiro atoms. The van der Waals surface area contributed by atoms with Gasteiger partial charge in [-0.2, -0.15) is 0 Å². The monoisotopic (exact) mass is 368 g/mol. The maximum Gasteiger partial charge on any atom is 0.314 e. The van der Waals surface area contributed by atoms with Gasteiger partial charge in [-0.25, -0.2) is 4.79 Å². The second kappa shape index (κ2) is 9.42. The SMILES string of the molecule is COc1ccccc1CCNC(=O)NCC1(c2ccccc2)CCOCC1. The van der Waals surface area contributed by atoms with E-state index in [4.69, 9.17) is 9.47 Å². The number of amides is 2. The van der Waals surface area contributed by atoms with E-state index in [1.54, 1.807) is 7.11 Å². The van der Waals surface area contributed by atoms with Crippen molar-refractivity contribution in [3.63, 3.8) is 0 Å². The van der Waals surface area contributed by atoms with E-state index in [0.717, 1.165) is 43.8 Å². The van der Waals surface area contributed by atoms with E-state index in [1.165, 1.54) is 5.56 Å². The minimum Gasteiger partial charge on any atom is -0.496 e. The standard InChI is InChI=1S/C22H28N2O3/c1-26-20-10-6-5-7-18(20)11-14-23-21(25)24-17-22(12-15-27-16-13-22)19-8-3-2-4-9-19/h2-10H,11-17H2,1H3,(H2,23,24,25). The molecule has 1 aliphatic heterocycles. The fraction of sp³-hybridized carbons (Fsp3) is 0.409. The minimum absolute atomic E-state index is 0.0561. The first-order valence-corrected chi connectivity index (χ1v) is 9.50. The van der Waals surface area contributed by atoms with E-state index in [-0.39, 0.29) is 11.4 Å². The molecule has 1 heterocycles. The summed E-state index contributed by atoms with van der Waals surface area (Å²) in [6.07, 6.45) is 2.56. The van der Waals surface area contributed by atoms with E-state index in [2.05, 4.69) is 34.9 Å². The highest BCUT2D eigenvalue weighted by Gasteiger charge is 2.34. The Bertz CT molecular complexity index is 727. The molecule has 5 nitrogen and oxygen atoms in total. The largest absolute Gasteiger partial charge is 0.496 e. The molecule has 0 aliphatic carbocycles. The van der Waals surface area contributed by atoms with Gasteiger partial charge < -0.3 is 20.1 Å². The fourth-order valence-corrected chi connectivity index (χ4v) is 3.65. The van der Waals surface area contributed by atoms with Crippen LogP contribution in [0.5, 0.6) is 5.75 Å². The zero-order chi connectivity index (χ0) is 19.0. The zero-order valence-corrected chi connectivity index (χ0v) is 15.9. The topological polar surface area (TPSA) is 59.6 Å². The molecule has 0 bridgehead atoms. The molecule has 1 saturated heterocycles. The summed E-state index contributed by atoms with van der Waals surface area (Å²) in [5.41, 5.74) is 2.30. The summed E-state index contributed by atoms with van der Waals surface area (Å²) in [6, 6.07) is 18.2. The molecule has 0 saturated carbocycles. The predicted octanol–water partition coefficient (Wildman–Crippen LogP) is 3.29. The smallest absolute Gasteiger partial charge is 0.314 e. The summed E-state index contributed by atoms with van der Waals surface area (Å²) >= 11 is 0. The molecule has 1 aliphatic rings. The van der Waals surface area contributed by atoms with Gasteiger partial charge in [0.25, 0.3) is 0 Å². The van der Waals surface area contributed by atoms with Crippen molar-refractivity contribution in [2.24, 2.45) is 0 Å². The number of carbonyl (C=O) groups excluding carboxylic acids is 1. The average molecular weight is 368 g/mol. The van der Waals surface area contributed by atoms with Crippen molar-refractivity contribution in [2.45, 2.75) is 24.7 Å². The summed E-state index contributed by atoms with van der Waals surface area (Å²) in [5, 5.41) is 6.02. The van der Waals surface area contributed by atoms with Crippen LogP contribution in [0.3, 0.4) is 0 Å². The van der Waals surface area contributed by atoms with Crippen molar-refractivity contribution in [1.29, 1.82) is 0 Å². The normalized spacial score (nSPS) is 15.7. The Hall–Kier alpha value is -2.53. The van der Waals surface area contributed by atoms with E-state index in [1.807, 2.05) is 30.3 Å². The summed E-state index contributed by atoms with van der Waals surface area (Å²) in [7, 11) is 1.66. The van der Waals surface area contributed by atoms with Gasteiger partial charge in [-0.3, -0.25) is 0 Å². The molecule has 0 aromatic heterocycles. The van der Waals surface area contributed by atoms with Crippen LogP contribution in [-0.2, 0) is 16.6 Å². The lowest BCUT2D eigenvalue weighted by molar-refractivity contribution is 0.0507. The number of hydrogen-bond donors (Lipinski definition) is 2. The Morgan fingerprint density at radius 2 is 1.74 bits per heavy atom. The number of benzene rings is 2. The molecule has 0 unspecified atom stereocenters. The molecular weight excluding hydrogens is 340 g/mol. The van der Waals surface area contributed by atoms with Gasteiger partial charge in [-0.15, -0.1) is 0 Å². The Labute approximate surface area is 161 Å². The van der Waals surface area contributed by atoms with Crippen molar-refractivity contribution >= 4 is 6.03 Å².